The Morgan fingerprint density at radius 3 is 2.50 bits per heavy atom. The summed E-state index contributed by atoms with van der Waals surface area (Å²) in [5.41, 5.74) is 1.81. The highest BCUT2D eigenvalue weighted by atomic mass is 32.1. The molecule has 0 amide bonds. The molecule has 2 saturated heterocycles. The summed E-state index contributed by atoms with van der Waals surface area (Å²) in [6.45, 7) is 14.3. The summed E-state index contributed by atoms with van der Waals surface area (Å²) in [6, 6.07) is 0.153. The fraction of sp³-hybridized carbons (Fsp3) is 0.688. The molecule has 2 aromatic heterocycles. The first-order valence-electron chi connectivity index (χ1n) is 15.1. The van der Waals surface area contributed by atoms with Crippen molar-refractivity contribution in [2.45, 2.75) is 111 Å². The summed E-state index contributed by atoms with van der Waals surface area (Å²) in [6.07, 6.45) is 4.51. The van der Waals surface area contributed by atoms with Crippen LogP contribution in [-0.2, 0) is 14.3 Å². The van der Waals surface area contributed by atoms with Gasteiger partial charge < -0.3 is 14.9 Å². The van der Waals surface area contributed by atoms with Gasteiger partial charge in [-0.1, -0.05) is 34.1 Å². The average molecular weight is 618 g/mol. The van der Waals surface area contributed by atoms with Crippen molar-refractivity contribution >= 4 is 40.5 Å². The van der Waals surface area contributed by atoms with Crippen molar-refractivity contribution in [3.05, 3.63) is 27.7 Å². The molecule has 1 unspecified atom stereocenters. The number of hydrogen-bond donors (Lipinski definition) is 2. The van der Waals surface area contributed by atoms with E-state index in [0.29, 0.717) is 19.4 Å². The van der Waals surface area contributed by atoms with Crippen LogP contribution in [-0.4, -0.2) is 73.8 Å². The topological polar surface area (TPSA) is 113 Å². The summed E-state index contributed by atoms with van der Waals surface area (Å²) < 4.78 is 6.15. The molecule has 8 nitrogen and oxygen atoms in total. The molecule has 0 bridgehead atoms. The van der Waals surface area contributed by atoms with E-state index in [1.54, 1.807) is 29.6 Å². The van der Waals surface area contributed by atoms with Crippen molar-refractivity contribution in [2.75, 3.05) is 13.2 Å². The Balaban J connectivity index is 1.60. The third-order valence-electron chi connectivity index (χ3n) is 9.41. The van der Waals surface area contributed by atoms with Crippen molar-refractivity contribution in [1.29, 1.82) is 0 Å². The Morgan fingerprint density at radius 2 is 1.83 bits per heavy atom. The van der Waals surface area contributed by atoms with Gasteiger partial charge in [0.1, 0.15) is 11.9 Å². The quantitative estimate of drug-likeness (QED) is 0.315. The van der Waals surface area contributed by atoms with E-state index >= 15 is 0 Å². The third kappa shape index (κ3) is 7.38. The number of nitrogens with zero attached hydrogens (tertiary/aromatic N) is 3. The number of aliphatic hydroxyl groups excluding tert-OH is 2. The van der Waals surface area contributed by atoms with E-state index in [2.05, 4.69) is 16.8 Å². The number of thiazole rings is 2. The zero-order valence-corrected chi connectivity index (χ0v) is 27.7. The number of Topliss-reactive ketones (excluding diaryl/α,β-unsaturated/α-hetero) is 1. The van der Waals surface area contributed by atoms with Crippen LogP contribution in [0.2, 0.25) is 0 Å². The van der Waals surface area contributed by atoms with Crippen molar-refractivity contribution < 1.29 is 24.5 Å². The van der Waals surface area contributed by atoms with Gasteiger partial charge >= 0.3 is 5.97 Å². The zero-order chi connectivity index (χ0) is 30.8. The lowest BCUT2D eigenvalue weighted by atomic mass is 9.74. The molecule has 2 aliphatic rings. The Kier molecular flexibility index (Phi) is 10.5. The first-order valence-corrected chi connectivity index (χ1v) is 16.9. The third-order valence-corrected chi connectivity index (χ3v) is 11.4. The molecule has 0 radical (unpaired) electrons. The Bertz CT molecular complexity index is 1290. The number of rotatable bonds is 5. The molecule has 4 rings (SSSR count). The molecule has 232 valence electrons. The molecule has 2 aliphatic heterocycles. The van der Waals surface area contributed by atoms with Gasteiger partial charge in [-0.3, -0.25) is 14.5 Å². The maximum absolute atomic E-state index is 13.4. The number of β-amino-alcohol motifs (C(OH)–C–C–N with tert-alkyl or cyclic N) is 1. The second-order valence-corrected chi connectivity index (χ2v) is 14.9. The lowest BCUT2D eigenvalue weighted by Gasteiger charge is -2.31. The zero-order valence-electron chi connectivity index (χ0n) is 26.1. The van der Waals surface area contributed by atoms with Gasteiger partial charge in [-0.25, -0.2) is 9.97 Å². The largest absolute Gasteiger partial charge is 0.458 e. The van der Waals surface area contributed by atoms with Crippen molar-refractivity contribution in [2.24, 2.45) is 17.3 Å². The van der Waals surface area contributed by atoms with Crippen molar-refractivity contribution in [1.82, 2.24) is 14.9 Å². The maximum Gasteiger partial charge on any atom is 0.306 e. The molecule has 42 heavy (non-hydrogen) atoms. The number of fused-ring (bicyclic) bond motifs is 1. The number of ketones is 1. The highest BCUT2D eigenvalue weighted by molar-refractivity contribution is 7.19. The Morgan fingerprint density at radius 1 is 1.14 bits per heavy atom. The minimum atomic E-state index is -0.755. The highest BCUT2D eigenvalue weighted by Crippen LogP contribution is 2.48. The van der Waals surface area contributed by atoms with E-state index in [1.165, 1.54) is 0 Å². The minimum Gasteiger partial charge on any atom is -0.458 e. The Labute approximate surface area is 258 Å². The van der Waals surface area contributed by atoms with Gasteiger partial charge in [0.15, 0.2) is 10.0 Å². The molecule has 10 heteroatoms. The van der Waals surface area contributed by atoms with Crippen LogP contribution in [0, 0.1) is 24.2 Å². The van der Waals surface area contributed by atoms with Crippen LogP contribution < -0.4 is 0 Å². The molecule has 4 heterocycles. The smallest absolute Gasteiger partial charge is 0.306 e. The van der Waals surface area contributed by atoms with Crippen LogP contribution >= 0.6 is 22.7 Å². The van der Waals surface area contributed by atoms with Gasteiger partial charge in [0.2, 0.25) is 0 Å². The molecule has 0 aromatic carbocycles. The minimum absolute atomic E-state index is 0.0149. The lowest BCUT2D eigenvalue weighted by Crippen LogP contribution is -2.39. The lowest BCUT2D eigenvalue weighted by molar-refractivity contribution is -0.149. The number of hydrogen-bond acceptors (Lipinski definition) is 10. The van der Waals surface area contributed by atoms with Gasteiger partial charge in [-0.2, -0.15) is 0 Å². The summed E-state index contributed by atoms with van der Waals surface area (Å²) in [5.74, 6) is -0.884. The molecule has 2 fully saturated rings. The number of aromatic nitrogens is 2. The molecule has 0 spiro atoms. The molecule has 0 aliphatic carbocycles. The van der Waals surface area contributed by atoms with Gasteiger partial charge in [-0.05, 0) is 57.6 Å². The predicted octanol–water partition coefficient (Wildman–Crippen LogP) is 5.91. The van der Waals surface area contributed by atoms with E-state index in [9.17, 15) is 19.8 Å². The SMILES string of the molecule is C/C(=C\c1csc(-c2nc(C)cs2)n1)[C@@H]1C[C@@H]2N(CCO)[C@]2(C)CCC[C@H](C)[C@H](O)[C@@H](C)C(=O)C(C)(C)CCC(=O)O1. The molecule has 2 aromatic rings. The monoisotopic (exact) mass is 617 g/mol. The molecule has 7 atom stereocenters. The Hall–Kier alpha value is -1.98. The standard InChI is InChI=1S/C32H47N3O5S2/c1-19-9-8-11-32(7)25(35(32)13-14-36)16-24(40-26(37)10-12-31(5,6)28(39)22(4)27(19)38)20(2)15-23-18-42-30(34-23)29-33-21(3)17-41-29/h15,17-19,22,24-25,27,36,38H,8-14,16H2,1-7H3/b20-15+/t19-,22+,24-,25-,27-,32+,35?/m0/s1. The molecular formula is C32H47N3O5S2. The molecule has 0 saturated carbocycles. The average Bonchev–Trinajstić information content (AvgIpc) is 3.32. The first kappa shape index (κ1) is 32.9. The van der Waals surface area contributed by atoms with Gasteiger partial charge in [0, 0.05) is 58.8 Å². The van der Waals surface area contributed by atoms with Crippen molar-refractivity contribution in [3.63, 3.8) is 0 Å². The summed E-state index contributed by atoms with van der Waals surface area (Å²) in [4.78, 5) is 38.3. The molecule has 2 N–H and O–H groups in total. The second kappa shape index (κ2) is 13.3. The van der Waals surface area contributed by atoms with E-state index in [4.69, 9.17) is 9.72 Å². The summed E-state index contributed by atoms with van der Waals surface area (Å²) >= 11 is 3.12. The molecular weight excluding hydrogens is 571 g/mol. The van der Waals surface area contributed by atoms with E-state index < -0.39 is 23.5 Å². The van der Waals surface area contributed by atoms with E-state index in [0.717, 1.165) is 46.2 Å². The number of carbonyl (C=O) groups is 2. The number of aliphatic hydroxyl groups is 2. The fourth-order valence-corrected chi connectivity index (χ4v) is 8.15. The second-order valence-electron chi connectivity index (χ2n) is 13.2. The van der Waals surface area contributed by atoms with Crippen LogP contribution in [0.15, 0.2) is 16.3 Å². The first-order chi connectivity index (χ1) is 19.8. The van der Waals surface area contributed by atoms with Crippen LogP contribution in [0.1, 0.15) is 91.5 Å². The van der Waals surface area contributed by atoms with Crippen LogP contribution in [0.4, 0.5) is 0 Å². The van der Waals surface area contributed by atoms with Crippen LogP contribution in [0.25, 0.3) is 16.1 Å². The van der Waals surface area contributed by atoms with E-state index in [-0.39, 0.29) is 42.3 Å². The van der Waals surface area contributed by atoms with Gasteiger partial charge in [0.25, 0.3) is 0 Å². The normalized spacial score (nSPS) is 33.2. The van der Waals surface area contributed by atoms with Crippen LogP contribution in [0.5, 0.6) is 0 Å². The summed E-state index contributed by atoms with van der Waals surface area (Å²) in [7, 11) is 0. The summed E-state index contributed by atoms with van der Waals surface area (Å²) in [5, 5.41) is 26.6. The number of esters is 1. The fourth-order valence-electron chi connectivity index (χ4n) is 6.52. The van der Waals surface area contributed by atoms with E-state index in [1.807, 2.05) is 51.5 Å². The maximum atomic E-state index is 13.4. The predicted molar refractivity (Wildman–Crippen MR) is 168 cm³/mol. The van der Waals surface area contributed by atoms with Gasteiger partial charge in [0.05, 0.1) is 18.4 Å². The highest BCUT2D eigenvalue weighted by Gasteiger charge is 2.58. The number of aryl methyl sites for hydroxylation is 1. The number of ether oxygens (including phenoxy) is 1. The number of cyclic esters (lactones) is 1. The number of carbonyl (C=O) groups excluding carboxylic acids is 2. The van der Waals surface area contributed by atoms with Gasteiger partial charge in [-0.15, -0.1) is 22.7 Å². The van der Waals surface area contributed by atoms with Crippen LogP contribution in [0.3, 0.4) is 0 Å². The van der Waals surface area contributed by atoms with Crippen molar-refractivity contribution in [3.8, 4) is 10.0 Å².